The first-order valence-corrected chi connectivity index (χ1v) is 5.28. The zero-order chi connectivity index (χ0) is 10.8. The highest BCUT2D eigenvalue weighted by molar-refractivity contribution is 5.51. The van der Waals surface area contributed by atoms with Gasteiger partial charge in [0.15, 0.2) is 11.5 Å². The Morgan fingerprint density at radius 1 is 1.53 bits per heavy atom. The smallest absolute Gasteiger partial charge is 0.166 e. The van der Waals surface area contributed by atoms with Crippen molar-refractivity contribution in [1.82, 2.24) is 0 Å². The van der Waals surface area contributed by atoms with Crippen LogP contribution in [0.4, 0.5) is 0 Å². The molecule has 0 aromatic heterocycles. The number of fused-ring (bicyclic) bond motifs is 1. The van der Waals surface area contributed by atoms with Gasteiger partial charge in [0, 0.05) is 12.0 Å². The van der Waals surface area contributed by atoms with Gasteiger partial charge in [-0.25, -0.2) is 0 Å². The molecule has 1 aromatic carbocycles. The molecule has 1 heterocycles. The number of ether oxygens (including phenoxy) is 2. The van der Waals surface area contributed by atoms with Gasteiger partial charge in [-0.15, -0.1) is 0 Å². The average Bonchev–Trinajstić information content (AvgIpc) is 2.28. The molecule has 0 fully saturated rings. The van der Waals surface area contributed by atoms with Crippen LogP contribution in [-0.2, 0) is 6.42 Å². The molecule has 2 rings (SSSR count). The van der Waals surface area contributed by atoms with Crippen LogP contribution in [0.3, 0.4) is 0 Å². The first-order valence-electron chi connectivity index (χ1n) is 5.28. The highest BCUT2D eigenvalue weighted by Crippen LogP contribution is 2.40. The van der Waals surface area contributed by atoms with E-state index in [0.29, 0.717) is 18.8 Å². The first-order chi connectivity index (χ1) is 7.26. The maximum absolute atomic E-state index is 9.87. The van der Waals surface area contributed by atoms with Crippen LogP contribution in [0.15, 0.2) is 12.1 Å². The summed E-state index contributed by atoms with van der Waals surface area (Å²) in [7, 11) is 1.62. The Bertz CT molecular complexity index is 360. The third-order valence-electron chi connectivity index (χ3n) is 2.77. The van der Waals surface area contributed by atoms with Crippen LogP contribution in [0.5, 0.6) is 11.5 Å². The van der Waals surface area contributed by atoms with Crippen molar-refractivity contribution >= 4 is 0 Å². The summed E-state index contributed by atoms with van der Waals surface area (Å²) in [6.45, 7) is 2.63. The summed E-state index contributed by atoms with van der Waals surface area (Å²) in [5, 5.41) is 9.87. The van der Waals surface area contributed by atoms with Crippen molar-refractivity contribution in [3.05, 3.63) is 23.3 Å². The van der Waals surface area contributed by atoms with Crippen LogP contribution in [0.25, 0.3) is 0 Å². The van der Waals surface area contributed by atoms with E-state index in [1.807, 2.05) is 12.1 Å². The number of aliphatic hydroxyl groups excluding tert-OH is 1. The minimum Gasteiger partial charge on any atom is -0.493 e. The highest BCUT2D eigenvalue weighted by Gasteiger charge is 2.23. The van der Waals surface area contributed by atoms with E-state index in [-0.39, 0.29) is 0 Å². The van der Waals surface area contributed by atoms with Gasteiger partial charge in [-0.05, 0) is 24.1 Å². The molecule has 0 unspecified atom stereocenters. The van der Waals surface area contributed by atoms with Gasteiger partial charge in [0.05, 0.1) is 19.8 Å². The van der Waals surface area contributed by atoms with E-state index < -0.39 is 6.10 Å². The molecule has 3 heteroatoms. The molecule has 0 radical (unpaired) electrons. The number of aryl methyl sites for hydroxylation is 1. The lowest BCUT2D eigenvalue weighted by Crippen LogP contribution is -2.15. The zero-order valence-corrected chi connectivity index (χ0v) is 9.12. The Hall–Kier alpha value is -1.22. The lowest BCUT2D eigenvalue weighted by molar-refractivity contribution is 0.112. The molecule has 1 N–H and O–H groups in total. The van der Waals surface area contributed by atoms with Gasteiger partial charge >= 0.3 is 0 Å². The molecule has 3 nitrogen and oxygen atoms in total. The second-order valence-electron chi connectivity index (χ2n) is 3.72. The van der Waals surface area contributed by atoms with Crippen molar-refractivity contribution in [2.45, 2.75) is 25.9 Å². The summed E-state index contributed by atoms with van der Waals surface area (Å²) in [5.41, 5.74) is 2.02. The zero-order valence-electron chi connectivity index (χ0n) is 9.12. The fourth-order valence-electron chi connectivity index (χ4n) is 1.87. The summed E-state index contributed by atoms with van der Waals surface area (Å²) < 4.78 is 10.8. The lowest BCUT2D eigenvalue weighted by Gasteiger charge is -2.24. The standard InChI is InChI=1S/C12H16O3/c1-3-8-6-9-10(13)4-5-15-12(9)11(7-8)14-2/h6-7,10,13H,3-5H2,1-2H3/t10-/m0/s1. The Balaban J connectivity index is 2.52. The van der Waals surface area contributed by atoms with Crippen LogP contribution in [0.2, 0.25) is 0 Å². The van der Waals surface area contributed by atoms with E-state index in [9.17, 15) is 5.11 Å². The van der Waals surface area contributed by atoms with Gasteiger partial charge in [-0.1, -0.05) is 6.92 Å². The Morgan fingerprint density at radius 2 is 2.33 bits per heavy atom. The number of benzene rings is 1. The van der Waals surface area contributed by atoms with Crippen LogP contribution in [0.1, 0.15) is 30.6 Å². The van der Waals surface area contributed by atoms with Crippen LogP contribution in [0, 0.1) is 0 Å². The van der Waals surface area contributed by atoms with Crippen molar-refractivity contribution < 1.29 is 14.6 Å². The van der Waals surface area contributed by atoms with Gasteiger partial charge in [-0.2, -0.15) is 0 Å². The minimum absolute atomic E-state index is 0.422. The lowest BCUT2D eigenvalue weighted by atomic mass is 9.99. The topological polar surface area (TPSA) is 38.7 Å². The quantitative estimate of drug-likeness (QED) is 0.808. The average molecular weight is 208 g/mol. The van der Waals surface area contributed by atoms with Crippen molar-refractivity contribution in [2.75, 3.05) is 13.7 Å². The van der Waals surface area contributed by atoms with Gasteiger partial charge in [0.1, 0.15) is 0 Å². The van der Waals surface area contributed by atoms with Crippen molar-refractivity contribution in [3.63, 3.8) is 0 Å². The molecule has 0 bridgehead atoms. The Kier molecular flexibility index (Phi) is 2.82. The van der Waals surface area contributed by atoms with E-state index in [1.54, 1.807) is 7.11 Å². The van der Waals surface area contributed by atoms with Crippen LogP contribution < -0.4 is 9.47 Å². The van der Waals surface area contributed by atoms with Crippen molar-refractivity contribution in [2.24, 2.45) is 0 Å². The summed E-state index contributed by atoms with van der Waals surface area (Å²) in [4.78, 5) is 0. The molecule has 0 aliphatic carbocycles. The van der Waals surface area contributed by atoms with Crippen molar-refractivity contribution in [3.8, 4) is 11.5 Å². The van der Waals surface area contributed by atoms with E-state index in [2.05, 4.69) is 6.92 Å². The Labute approximate surface area is 89.6 Å². The summed E-state index contributed by atoms with van der Waals surface area (Å²) in [6, 6.07) is 3.97. The molecular formula is C12H16O3. The fraction of sp³-hybridized carbons (Fsp3) is 0.500. The molecule has 1 aliphatic heterocycles. The van der Waals surface area contributed by atoms with E-state index >= 15 is 0 Å². The highest BCUT2D eigenvalue weighted by atomic mass is 16.5. The monoisotopic (exact) mass is 208 g/mol. The number of methoxy groups -OCH3 is 1. The third-order valence-corrected chi connectivity index (χ3v) is 2.77. The molecular weight excluding hydrogens is 192 g/mol. The Morgan fingerprint density at radius 3 is 3.00 bits per heavy atom. The molecule has 1 atom stereocenters. The predicted molar refractivity (Wildman–Crippen MR) is 57.4 cm³/mol. The van der Waals surface area contributed by atoms with Gasteiger partial charge in [0.2, 0.25) is 0 Å². The SMILES string of the molecule is CCc1cc(OC)c2c(c1)[C@@H](O)CCO2. The maximum atomic E-state index is 9.87. The first kappa shape index (κ1) is 10.3. The molecule has 0 saturated carbocycles. The maximum Gasteiger partial charge on any atom is 0.166 e. The van der Waals surface area contributed by atoms with Gasteiger partial charge in [0.25, 0.3) is 0 Å². The molecule has 1 aromatic rings. The normalized spacial score (nSPS) is 19.3. The largest absolute Gasteiger partial charge is 0.493 e. The second-order valence-corrected chi connectivity index (χ2v) is 3.72. The number of rotatable bonds is 2. The summed E-state index contributed by atoms with van der Waals surface area (Å²) in [6.07, 6.45) is 1.16. The van der Waals surface area contributed by atoms with Crippen LogP contribution in [-0.4, -0.2) is 18.8 Å². The van der Waals surface area contributed by atoms with E-state index in [4.69, 9.17) is 9.47 Å². The van der Waals surface area contributed by atoms with Crippen LogP contribution >= 0.6 is 0 Å². The molecule has 15 heavy (non-hydrogen) atoms. The number of hydrogen-bond donors (Lipinski definition) is 1. The van der Waals surface area contributed by atoms with Gasteiger partial charge in [-0.3, -0.25) is 0 Å². The summed E-state index contributed by atoms with van der Waals surface area (Å²) in [5.74, 6) is 1.43. The minimum atomic E-state index is -0.422. The fourth-order valence-corrected chi connectivity index (χ4v) is 1.87. The summed E-state index contributed by atoms with van der Waals surface area (Å²) >= 11 is 0. The molecule has 0 amide bonds. The van der Waals surface area contributed by atoms with Gasteiger partial charge < -0.3 is 14.6 Å². The molecule has 0 spiro atoms. The second kappa shape index (κ2) is 4.11. The predicted octanol–water partition coefficient (Wildman–Crippen LogP) is 2.07. The third kappa shape index (κ3) is 1.79. The molecule has 82 valence electrons. The number of aliphatic hydroxyl groups is 1. The van der Waals surface area contributed by atoms with E-state index in [1.165, 1.54) is 0 Å². The number of hydrogen-bond acceptors (Lipinski definition) is 3. The van der Waals surface area contributed by atoms with Crippen molar-refractivity contribution in [1.29, 1.82) is 0 Å². The molecule has 1 aliphatic rings. The van der Waals surface area contributed by atoms with E-state index in [0.717, 1.165) is 23.3 Å². The molecule has 0 saturated heterocycles.